The number of rotatable bonds is 2. The van der Waals surface area contributed by atoms with Crippen molar-refractivity contribution in [3.8, 4) is 5.75 Å². The lowest BCUT2D eigenvalue weighted by Gasteiger charge is -2.31. The van der Waals surface area contributed by atoms with Crippen LogP contribution in [-0.2, 0) is 15.6 Å². The minimum Gasteiger partial charge on any atom is -0.489 e. The van der Waals surface area contributed by atoms with Crippen LogP contribution in [0.3, 0.4) is 0 Å². The number of fused-ring (bicyclic) bond motifs is 1. The number of ether oxygens (including phenoxy) is 1. The van der Waals surface area contributed by atoms with Crippen molar-refractivity contribution in [3.63, 3.8) is 0 Å². The molecule has 1 aliphatic heterocycles. The highest BCUT2D eigenvalue weighted by Crippen LogP contribution is 2.42. The Labute approximate surface area is 128 Å². The molecular formula is C19H26O2. The highest BCUT2D eigenvalue weighted by atomic mass is 16.5. The smallest absolute Gasteiger partial charge is 0.131 e. The molecule has 0 fully saturated rings. The monoisotopic (exact) mass is 286 g/mol. The zero-order valence-corrected chi connectivity index (χ0v) is 14.0. The van der Waals surface area contributed by atoms with E-state index in [0.717, 1.165) is 23.2 Å². The molecule has 2 heteroatoms. The molecule has 0 saturated heterocycles. The van der Waals surface area contributed by atoms with E-state index in [4.69, 9.17) is 4.74 Å². The van der Waals surface area contributed by atoms with Crippen molar-refractivity contribution in [1.82, 2.24) is 0 Å². The Kier molecular flexibility index (Phi) is 4.01. The molecule has 1 aliphatic rings. The minimum absolute atomic E-state index is 0.00890. The van der Waals surface area contributed by atoms with Crippen LogP contribution in [0.5, 0.6) is 5.75 Å². The predicted octanol–water partition coefficient (Wildman–Crippen LogP) is 4.65. The average Bonchev–Trinajstić information content (AvgIpc) is 2.36. The van der Waals surface area contributed by atoms with Gasteiger partial charge in [0.15, 0.2) is 0 Å². The molecule has 0 bridgehead atoms. The van der Waals surface area contributed by atoms with Gasteiger partial charge in [-0.2, -0.15) is 0 Å². The maximum atomic E-state index is 11.0. The molecule has 0 aliphatic carbocycles. The van der Waals surface area contributed by atoms with Gasteiger partial charge < -0.3 is 9.53 Å². The van der Waals surface area contributed by atoms with Gasteiger partial charge in [-0.3, -0.25) is 0 Å². The molecule has 114 valence electrons. The summed E-state index contributed by atoms with van der Waals surface area (Å²) in [5.74, 6) is 0.954. The third kappa shape index (κ3) is 3.20. The second kappa shape index (κ2) is 5.32. The van der Waals surface area contributed by atoms with Crippen LogP contribution in [0.15, 0.2) is 18.2 Å². The lowest BCUT2D eigenvalue weighted by atomic mass is 9.77. The molecule has 1 aromatic carbocycles. The van der Waals surface area contributed by atoms with Crippen LogP contribution in [-0.4, -0.2) is 12.9 Å². The lowest BCUT2D eigenvalue weighted by molar-refractivity contribution is -0.107. The second-order valence-electron chi connectivity index (χ2n) is 7.81. The summed E-state index contributed by atoms with van der Waals surface area (Å²) in [5, 5.41) is 0. The summed E-state index contributed by atoms with van der Waals surface area (Å²) < 4.78 is 5.93. The first-order valence-electron chi connectivity index (χ1n) is 7.59. The molecule has 0 atom stereocenters. The molecule has 0 radical (unpaired) electrons. The Morgan fingerprint density at radius 2 is 1.76 bits per heavy atom. The summed E-state index contributed by atoms with van der Waals surface area (Å²) in [4.78, 5) is 11.0. The molecule has 0 N–H and O–H groups in total. The number of hydrogen-bond donors (Lipinski definition) is 0. The van der Waals surface area contributed by atoms with Crippen molar-refractivity contribution in [2.45, 2.75) is 58.8 Å². The Bertz CT molecular complexity index is 581. The van der Waals surface area contributed by atoms with E-state index in [1.165, 1.54) is 11.1 Å². The maximum Gasteiger partial charge on any atom is 0.131 e. The van der Waals surface area contributed by atoms with Crippen LogP contribution in [0.2, 0.25) is 0 Å². The van der Waals surface area contributed by atoms with Gasteiger partial charge in [-0.1, -0.05) is 47.6 Å². The fourth-order valence-corrected chi connectivity index (χ4v) is 2.63. The van der Waals surface area contributed by atoms with Crippen molar-refractivity contribution in [2.75, 3.05) is 6.61 Å². The largest absolute Gasteiger partial charge is 0.489 e. The Hall–Kier alpha value is -1.57. The molecule has 0 spiro atoms. The van der Waals surface area contributed by atoms with Crippen molar-refractivity contribution in [2.24, 2.45) is 0 Å². The number of carbonyl (C=O) groups excluding carboxylic acids is 1. The maximum absolute atomic E-state index is 11.0. The van der Waals surface area contributed by atoms with E-state index in [9.17, 15) is 4.79 Å². The zero-order chi connectivity index (χ0) is 15.8. The zero-order valence-electron chi connectivity index (χ0n) is 14.0. The Morgan fingerprint density at radius 1 is 1.10 bits per heavy atom. The molecule has 1 aromatic rings. The van der Waals surface area contributed by atoms with Crippen molar-refractivity contribution in [3.05, 3.63) is 34.9 Å². The van der Waals surface area contributed by atoms with E-state index < -0.39 is 0 Å². The van der Waals surface area contributed by atoms with Gasteiger partial charge in [0.2, 0.25) is 0 Å². The molecule has 2 rings (SSSR count). The highest BCUT2D eigenvalue weighted by molar-refractivity contribution is 5.82. The fraction of sp³-hybridized carbons (Fsp3) is 0.526. The van der Waals surface area contributed by atoms with E-state index in [1.807, 2.05) is 6.08 Å². The van der Waals surface area contributed by atoms with E-state index in [-0.39, 0.29) is 10.8 Å². The second-order valence-corrected chi connectivity index (χ2v) is 7.81. The van der Waals surface area contributed by atoms with Crippen LogP contribution in [0, 0.1) is 0 Å². The molecule has 2 nitrogen and oxygen atoms in total. The quantitative estimate of drug-likeness (QED) is 0.740. The summed E-state index contributed by atoms with van der Waals surface area (Å²) in [5.41, 5.74) is 4.76. The minimum atomic E-state index is 0.00890. The van der Waals surface area contributed by atoms with Gasteiger partial charge >= 0.3 is 0 Å². The van der Waals surface area contributed by atoms with E-state index in [0.29, 0.717) is 13.0 Å². The summed E-state index contributed by atoms with van der Waals surface area (Å²) >= 11 is 0. The van der Waals surface area contributed by atoms with Gasteiger partial charge in [0.1, 0.15) is 18.6 Å². The summed E-state index contributed by atoms with van der Waals surface area (Å²) in [7, 11) is 0. The first kappa shape index (κ1) is 15.8. The van der Waals surface area contributed by atoms with Crippen molar-refractivity contribution < 1.29 is 9.53 Å². The van der Waals surface area contributed by atoms with Crippen molar-refractivity contribution >= 4 is 11.9 Å². The topological polar surface area (TPSA) is 26.3 Å². The molecule has 0 unspecified atom stereocenters. The van der Waals surface area contributed by atoms with E-state index >= 15 is 0 Å². The number of benzene rings is 1. The van der Waals surface area contributed by atoms with Gasteiger partial charge in [-0.15, -0.1) is 0 Å². The fourth-order valence-electron chi connectivity index (χ4n) is 2.63. The molecule has 0 amide bonds. The Balaban J connectivity index is 2.71. The summed E-state index contributed by atoms with van der Waals surface area (Å²) in [6.45, 7) is 13.8. The summed E-state index contributed by atoms with van der Waals surface area (Å²) in [6, 6.07) is 4.46. The number of aldehydes is 1. The third-order valence-corrected chi connectivity index (χ3v) is 3.97. The predicted molar refractivity (Wildman–Crippen MR) is 88.0 cm³/mol. The van der Waals surface area contributed by atoms with Gasteiger partial charge in [0.25, 0.3) is 0 Å². The van der Waals surface area contributed by atoms with E-state index in [2.05, 4.69) is 53.7 Å². The first-order chi connectivity index (χ1) is 9.64. The summed E-state index contributed by atoms with van der Waals surface area (Å²) in [6.07, 6.45) is 3.45. The van der Waals surface area contributed by atoms with Crippen LogP contribution >= 0.6 is 0 Å². The molecule has 0 aromatic heterocycles. The SMILES string of the molecule is CC(C)(C)c1cc2c(c(C(C)(C)C)c1)OCC=C2CC=O. The normalized spacial score (nSPS) is 15.0. The number of allylic oxidation sites excluding steroid dienone is 1. The number of carbonyl (C=O) groups is 1. The highest BCUT2D eigenvalue weighted by Gasteiger charge is 2.28. The van der Waals surface area contributed by atoms with Crippen LogP contribution in [0.4, 0.5) is 0 Å². The molecular weight excluding hydrogens is 260 g/mol. The van der Waals surface area contributed by atoms with Gasteiger partial charge in [0.05, 0.1) is 0 Å². The van der Waals surface area contributed by atoms with Crippen LogP contribution in [0.25, 0.3) is 5.57 Å². The first-order valence-corrected chi connectivity index (χ1v) is 7.59. The van der Waals surface area contributed by atoms with Crippen LogP contribution < -0.4 is 4.74 Å². The average molecular weight is 286 g/mol. The van der Waals surface area contributed by atoms with Crippen molar-refractivity contribution in [1.29, 1.82) is 0 Å². The van der Waals surface area contributed by atoms with Crippen LogP contribution in [0.1, 0.15) is 64.7 Å². The van der Waals surface area contributed by atoms with Gasteiger partial charge in [-0.25, -0.2) is 0 Å². The lowest BCUT2D eigenvalue weighted by Crippen LogP contribution is -2.20. The standard InChI is InChI=1S/C19H26O2/c1-18(2,3)14-11-15-13(7-9-20)8-10-21-17(15)16(12-14)19(4,5)6/h8-9,11-12H,7,10H2,1-6H3. The van der Waals surface area contributed by atoms with Gasteiger partial charge in [0, 0.05) is 17.5 Å². The Morgan fingerprint density at radius 3 is 2.29 bits per heavy atom. The third-order valence-electron chi connectivity index (χ3n) is 3.97. The van der Waals surface area contributed by atoms with Gasteiger partial charge in [-0.05, 0) is 34.1 Å². The van der Waals surface area contributed by atoms with E-state index in [1.54, 1.807) is 0 Å². The molecule has 1 heterocycles. The molecule has 0 saturated carbocycles. The number of hydrogen-bond acceptors (Lipinski definition) is 2. The molecule has 21 heavy (non-hydrogen) atoms.